The van der Waals surface area contributed by atoms with Gasteiger partial charge in [-0.15, -0.1) is 0 Å². The minimum absolute atomic E-state index is 0.0598. The minimum atomic E-state index is -0.275. The van der Waals surface area contributed by atoms with E-state index in [4.69, 9.17) is 14.6 Å². The predicted octanol–water partition coefficient (Wildman–Crippen LogP) is 0.600. The lowest BCUT2D eigenvalue weighted by molar-refractivity contribution is -0.122. The molecule has 86 valence electrons. The van der Waals surface area contributed by atoms with E-state index in [1.165, 1.54) is 0 Å². The summed E-state index contributed by atoms with van der Waals surface area (Å²) in [5, 5.41) is 12.4. The fourth-order valence-corrected chi connectivity index (χ4v) is 1.38. The summed E-state index contributed by atoms with van der Waals surface area (Å²) in [6, 6.07) is 0.141. The van der Waals surface area contributed by atoms with Gasteiger partial charge in [-0.3, -0.25) is 0 Å². The Labute approximate surface area is 86.6 Å². The van der Waals surface area contributed by atoms with E-state index in [1.807, 2.05) is 6.92 Å². The van der Waals surface area contributed by atoms with Gasteiger partial charge in [0, 0.05) is 20.3 Å². The zero-order valence-electron chi connectivity index (χ0n) is 9.78. The molecule has 0 spiro atoms. The maximum absolute atomic E-state index is 9.13. The van der Waals surface area contributed by atoms with Crippen LogP contribution < -0.4 is 5.32 Å². The van der Waals surface area contributed by atoms with Crippen molar-refractivity contribution in [3.05, 3.63) is 0 Å². The third-order valence-electron chi connectivity index (χ3n) is 2.35. The molecule has 0 bridgehead atoms. The zero-order valence-corrected chi connectivity index (χ0v) is 9.78. The van der Waals surface area contributed by atoms with E-state index in [0.29, 0.717) is 5.92 Å². The van der Waals surface area contributed by atoms with Crippen molar-refractivity contribution in [3.63, 3.8) is 0 Å². The molecule has 0 aliphatic carbocycles. The molecule has 0 heterocycles. The smallest absolute Gasteiger partial charge is 0.171 e. The first-order chi connectivity index (χ1) is 6.56. The van der Waals surface area contributed by atoms with Crippen LogP contribution in [0.5, 0.6) is 0 Å². The average molecular weight is 205 g/mol. The molecule has 0 amide bonds. The molecule has 0 aliphatic rings. The number of methoxy groups -OCH3 is 2. The van der Waals surface area contributed by atoms with Crippen LogP contribution in [0.25, 0.3) is 0 Å². The van der Waals surface area contributed by atoms with Crippen molar-refractivity contribution in [2.45, 2.75) is 39.1 Å². The number of aliphatic hydroxyl groups excluding tert-OH is 1. The van der Waals surface area contributed by atoms with Gasteiger partial charge in [0.1, 0.15) is 0 Å². The molecule has 4 heteroatoms. The molecule has 0 aromatic rings. The Kier molecular flexibility index (Phi) is 7.09. The Hall–Kier alpha value is -0.160. The third kappa shape index (κ3) is 4.37. The summed E-state index contributed by atoms with van der Waals surface area (Å²) in [7, 11) is 3.21. The molecule has 0 saturated heterocycles. The van der Waals surface area contributed by atoms with Crippen LogP contribution >= 0.6 is 0 Å². The van der Waals surface area contributed by atoms with Crippen LogP contribution in [0, 0.1) is 5.92 Å². The molecule has 14 heavy (non-hydrogen) atoms. The molecule has 0 aliphatic heterocycles. The van der Waals surface area contributed by atoms with E-state index >= 15 is 0 Å². The van der Waals surface area contributed by atoms with E-state index in [-0.39, 0.29) is 25.0 Å². The number of hydrogen-bond donors (Lipinski definition) is 2. The quantitative estimate of drug-likeness (QED) is 0.598. The second-order valence-corrected chi connectivity index (χ2v) is 3.83. The first kappa shape index (κ1) is 13.8. The van der Waals surface area contributed by atoms with Gasteiger partial charge in [-0.25, -0.2) is 0 Å². The maximum Gasteiger partial charge on any atom is 0.171 e. The highest BCUT2D eigenvalue weighted by atomic mass is 16.7. The van der Waals surface area contributed by atoms with Crippen LogP contribution in [0.3, 0.4) is 0 Å². The molecule has 0 fully saturated rings. The molecule has 0 rings (SSSR count). The van der Waals surface area contributed by atoms with Crippen LogP contribution in [0.4, 0.5) is 0 Å². The zero-order chi connectivity index (χ0) is 11.1. The fraction of sp³-hybridized carbons (Fsp3) is 1.00. The SMILES string of the molecule is COC(OC)C(C)N[C@H](CO)C(C)C. The first-order valence-electron chi connectivity index (χ1n) is 4.99. The minimum Gasteiger partial charge on any atom is -0.395 e. The lowest BCUT2D eigenvalue weighted by atomic mass is 10.0. The first-order valence-corrected chi connectivity index (χ1v) is 4.99. The standard InChI is InChI=1S/C10H23NO3/c1-7(2)9(6-12)11-8(3)10(13-4)14-5/h7-12H,6H2,1-5H3/t8?,9-/m1/s1. The second-order valence-electron chi connectivity index (χ2n) is 3.83. The Morgan fingerprint density at radius 1 is 1.14 bits per heavy atom. The van der Waals surface area contributed by atoms with E-state index in [2.05, 4.69) is 19.2 Å². The van der Waals surface area contributed by atoms with Gasteiger partial charge in [-0.1, -0.05) is 13.8 Å². The molecular formula is C10H23NO3. The normalized spacial score (nSPS) is 16.3. The summed E-state index contributed by atoms with van der Waals surface area (Å²) >= 11 is 0. The number of nitrogens with one attached hydrogen (secondary N) is 1. The van der Waals surface area contributed by atoms with Gasteiger partial charge in [0.2, 0.25) is 0 Å². The van der Waals surface area contributed by atoms with Gasteiger partial charge in [0.15, 0.2) is 6.29 Å². The third-order valence-corrected chi connectivity index (χ3v) is 2.35. The Bertz CT molecular complexity index is 137. The molecule has 2 N–H and O–H groups in total. The molecule has 0 aromatic heterocycles. The number of rotatable bonds is 7. The summed E-state index contributed by atoms with van der Waals surface area (Å²) in [5.41, 5.74) is 0. The average Bonchev–Trinajstić information content (AvgIpc) is 2.15. The van der Waals surface area contributed by atoms with Crippen LogP contribution in [-0.4, -0.2) is 44.3 Å². The number of hydrogen-bond acceptors (Lipinski definition) is 4. The van der Waals surface area contributed by atoms with Crippen LogP contribution in [0.15, 0.2) is 0 Å². The maximum atomic E-state index is 9.13. The number of aliphatic hydroxyl groups is 1. The van der Waals surface area contributed by atoms with Crippen molar-refractivity contribution in [2.24, 2.45) is 5.92 Å². The molecule has 0 radical (unpaired) electrons. The van der Waals surface area contributed by atoms with Crippen LogP contribution in [0.2, 0.25) is 0 Å². The van der Waals surface area contributed by atoms with Gasteiger partial charge >= 0.3 is 0 Å². The van der Waals surface area contributed by atoms with Gasteiger partial charge in [-0.2, -0.15) is 0 Å². The summed E-state index contributed by atoms with van der Waals surface area (Å²) < 4.78 is 10.2. The Balaban J connectivity index is 4.06. The molecule has 2 atom stereocenters. The molecule has 1 unspecified atom stereocenters. The van der Waals surface area contributed by atoms with Gasteiger partial charge in [0.05, 0.1) is 12.6 Å². The van der Waals surface area contributed by atoms with E-state index in [1.54, 1.807) is 14.2 Å². The highest BCUT2D eigenvalue weighted by Crippen LogP contribution is 2.05. The summed E-state index contributed by atoms with van der Waals surface area (Å²) in [6.45, 7) is 6.23. The number of ether oxygens (including phenoxy) is 2. The van der Waals surface area contributed by atoms with E-state index in [9.17, 15) is 0 Å². The Morgan fingerprint density at radius 2 is 1.64 bits per heavy atom. The predicted molar refractivity (Wildman–Crippen MR) is 56.1 cm³/mol. The van der Waals surface area contributed by atoms with Crippen molar-refractivity contribution in [1.29, 1.82) is 0 Å². The van der Waals surface area contributed by atoms with Crippen LogP contribution in [-0.2, 0) is 9.47 Å². The van der Waals surface area contributed by atoms with Crippen LogP contribution in [0.1, 0.15) is 20.8 Å². The molecule has 4 nitrogen and oxygen atoms in total. The highest BCUT2D eigenvalue weighted by molar-refractivity contribution is 4.75. The fourth-order valence-electron chi connectivity index (χ4n) is 1.38. The van der Waals surface area contributed by atoms with Gasteiger partial charge in [0.25, 0.3) is 0 Å². The van der Waals surface area contributed by atoms with Gasteiger partial charge in [-0.05, 0) is 12.8 Å². The lowest BCUT2D eigenvalue weighted by Crippen LogP contribution is -2.48. The largest absolute Gasteiger partial charge is 0.395 e. The summed E-state index contributed by atoms with van der Waals surface area (Å²) in [5.74, 6) is 0.386. The second kappa shape index (κ2) is 7.17. The van der Waals surface area contributed by atoms with Crippen molar-refractivity contribution < 1.29 is 14.6 Å². The summed E-state index contributed by atoms with van der Waals surface area (Å²) in [6.07, 6.45) is -0.275. The monoisotopic (exact) mass is 205 g/mol. The van der Waals surface area contributed by atoms with Crippen molar-refractivity contribution in [3.8, 4) is 0 Å². The highest BCUT2D eigenvalue weighted by Gasteiger charge is 2.20. The van der Waals surface area contributed by atoms with E-state index in [0.717, 1.165) is 0 Å². The summed E-state index contributed by atoms with van der Waals surface area (Å²) in [4.78, 5) is 0. The topological polar surface area (TPSA) is 50.7 Å². The lowest BCUT2D eigenvalue weighted by Gasteiger charge is -2.28. The van der Waals surface area contributed by atoms with Gasteiger partial charge < -0.3 is 19.9 Å². The van der Waals surface area contributed by atoms with Crippen molar-refractivity contribution in [1.82, 2.24) is 5.32 Å². The Morgan fingerprint density at radius 3 is 1.93 bits per heavy atom. The van der Waals surface area contributed by atoms with Crippen molar-refractivity contribution in [2.75, 3.05) is 20.8 Å². The molecule has 0 saturated carbocycles. The van der Waals surface area contributed by atoms with E-state index < -0.39 is 0 Å². The van der Waals surface area contributed by atoms with Crippen molar-refractivity contribution >= 4 is 0 Å². The molecular weight excluding hydrogens is 182 g/mol. The molecule has 0 aromatic carbocycles.